The van der Waals surface area contributed by atoms with E-state index in [-0.39, 0.29) is 30.3 Å². The molecule has 0 saturated carbocycles. The molecule has 26 heavy (non-hydrogen) atoms. The Labute approximate surface area is 151 Å². The Morgan fingerprint density at radius 2 is 2.00 bits per heavy atom. The van der Waals surface area contributed by atoms with Gasteiger partial charge in [-0.25, -0.2) is 9.48 Å². The van der Waals surface area contributed by atoms with Gasteiger partial charge in [0.25, 0.3) is 5.56 Å². The van der Waals surface area contributed by atoms with Crippen LogP contribution in [0.15, 0.2) is 29.1 Å². The van der Waals surface area contributed by atoms with Crippen LogP contribution < -0.4 is 10.9 Å². The summed E-state index contributed by atoms with van der Waals surface area (Å²) in [5.74, 6) is -0.475. The molecular weight excluding hydrogens is 336 g/mol. The van der Waals surface area contributed by atoms with E-state index in [1.165, 1.54) is 11.8 Å². The standard InChI is InChI=1S/C18H24N4O4/c1-12(2)11-15(18(25)26-3)19-16(23)9-6-10-22-17(24)13-7-4-5-8-14(13)20-21-22/h4-5,7-8,12,15H,6,9-11H2,1-3H3,(H,19,23)/t15-/m1/s1. The maximum absolute atomic E-state index is 12.3. The molecule has 0 spiro atoms. The first kappa shape index (κ1) is 19.6. The maximum Gasteiger partial charge on any atom is 0.328 e. The van der Waals surface area contributed by atoms with E-state index in [4.69, 9.17) is 4.74 Å². The molecule has 0 radical (unpaired) electrons. The lowest BCUT2D eigenvalue weighted by Crippen LogP contribution is -2.42. The number of amides is 1. The zero-order valence-electron chi connectivity index (χ0n) is 15.3. The van der Waals surface area contributed by atoms with E-state index < -0.39 is 12.0 Å². The van der Waals surface area contributed by atoms with Crippen LogP contribution in [-0.2, 0) is 20.9 Å². The maximum atomic E-state index is 12.3. The molecule has 1 N–H and O–H groups in total. The first-order chi connectivity index (χ1) is 12.4. The van der Waals surface area contributed by atoms with Gasteiger partial charge in [0.15, 0.2) is 0 Å². The Kier molecular flexibility index (Phi) is 6.82. The third-order valence-corrected chi connectivity index (χ3v) is 3.93. The van der Waals surface area contributed by atoms with Crippen LogP contribution in [0, 0.1) is 5.92 Å². The first-order valence-corrected chi connectivity index (χ1v) is 8.62. The second kappa shape index (κ2) is 9.07. The minimum atomic E-state index is -0.657. The highest BCUT2D eigenvalue weighted by Gasteiger charge is 2.22. The molecule has 0 saturated heterocycles. The van der Waals surface area contributed by atoms with Crippen LogP contribution >= 0.6 is 0 Å². The van der Waals surface area contributed by atoms with Crippen molar-refractivity contribution < 1.29 is 14.3 Å². The second-order valence-electron chi connectivity index (χ2n) is 6.51. The summed E-state index contributed by atoms with van der Waals surface area (Å²) >= 11 is 0. The van der Waals surface area contributed by atoms with Crippen LogP contribution in [0.3, 0.4) is 0 Å². The van der Waals surface area contributed by atoms with Crippen molar-refractivity contribution in [1.29, 1.82) is 0 Å². The number of benzene rings is 1. The molecule has 0 aliphatic heterocycles. The van der Waals surface area contributed by atoms with Crippen LogP contribution in [0.2, 0.25) is 0 Å². The Bertz CT molecular complexity index is 831. The summed E-state index contributed by atoms with van der Waals surface area (Å²) in [5.41, 5.74) is 0.310. The van der Waals surface area contributed by atoms with E-state index >= 15 is 0 Å². The fourth-order valence-corrected chi connectivity index (χ4v) is 2.65. The zero-order valence-corrected chi connectivity index (χ0v) is 15.3. The molecule has 0 unspecified atom stereocenters. The van der Waals surface area contributed by atoms with Gasteiger partial charge in [-0.15, -0.1) is 5.10 Å². The molecule has 8 nitrogen and oxygen atoms in total. The van der Waals surface area contributed by atoms with Gasteiger partial charge in [0.05, 0.1) is 12.5 Å². The molecule has 2 rings (SSSR count). The van der Waals surface area contributed by atoms with Crippen LogP contribution in [0.4, 0.5) is 0 Å². The average Bonchev–Trinajstić information content (AvgIpc) is 2.62. The molecule has 0 bridgehead atoms. The van der Waals surface area contributed by atoms with Crippen molar-refractivity contribution in [3.8, 4) is 0 Å². The number of methoxy groups -OCH3 is 1. The van der Waals surface area contributed by atoms with E-state index in [0.29, 0.717) is 23.7 Å². The molecule has 1 atom stereocenters. The van der Waals surface area contributed by atoms with Gasteiger partial charge in [-0.05, 0) is 30.9 Å². The Hall–Kier alpha value is -2.77. The van der Waals surface area contributed by atoms with Gasteiger partial charge in [0.1, 0.15) is 11.6 Å². The van der Waals surface area contributed by atoms with Crippen LogP contribution in [0.5, 0.6) is 0 Å². The smallest absolute Gasteiger partial charge is 0.328 e. The van der Waals surface area contributed by atoms with Gasteiger partial charge in [0.2, 0.25) is 5.91 Å². The second-order valence-corrected chi connectivity index (χ2v) is 6.51. The van der Waals surface area contributed by atoms with Crippen LogP contribution in [0.1, 0.15) is 33.1 Å². The van der Waals surface area contributed by atoms with E-state index in [1.54, 1.807) is 24.3 Å². The number of nitrogens with one attached hydrogen (secondary N) is 1. The highest BCUT2D eigenvalue weighted by Crippen LogP contribution is 2.07. The monoisotopic (exact) mass is 360 g/mol. The topological polar surface area (TPSA) is 103 Å². The number of hydrogen-bond acceptors (Lipinski definition) is 6. The lowest BCUT2D eigenvalue weighted by atomic mass is 10.0. The summed E-state index contributed by atoms with van der Waals surface area (Å²) < 4.78 is 5.98. The number of ether oxygens (including phenoxy) is 1. The average molecular weight is 360 g/mol. The molecule has 140 valence electrons. The third-order valence-electron chi connectivity index (χ3n) is 3.93. The zero-order chi connectivity index (χ0) is 19.1. The largest absolute Gasteiger partial charge is 0.467 e. The highest BCUT2D eigenvalue weighted by atomic mass is 16.5. The van der Waals surface area contributed by atoms with Gasteiger partial charge < -0.3 is 10.1 Å². The minimum Gasteiger partial charge on any atom is -0.467 e. The molecule has 1 aromatic heterocycles. The Morgan fingerprint density at radius 1 is 1.27 bits per heavy atom. The number of hydrogen-bond donors (Lipinski definition) is 1. The van der Waals surface area contributed by atoms with E-state index in [0.717, 1.165) is 0 Å². The molecule has 1 aromatic carbocycles. The Morgan fingerprint density at radius 3 is 2.69 bits per heavy atom. The lowest BCUT2D eigenvalue weighted by molar-refractivity contribution is -0.145. The van der Waals surface area contributed by atoms with Crippen molar-refractivity contribution in [3.63, 3.8) is 0 Å². The lowest BCUT2D eigenvalue weighted by Gasteiger charge is -2.18. The van der Waals surface area contributed by atoms with E-state index in [9.17, 15) is 14.4 Å². The highest BCUT2D eigenvalue weighted by molar-refractivity contribution is 5.84. The summed E-state index contributed by atoms with van der Waals surface area (Å²) in [6, 6.07) is 6.33. The first-order valence-electron chi connectivity index (χ1n) is 8.62. The SMILES string of the molecule is COC(=O)[C@@H](CC(C)C)NC(=O)CCCn1nnc2ccccc2c1=O. The summed E-state index contributed by atoms with van der Waals surface area (Å²) in [7, 11) is 1.30. The Balaban J connectivity index is 1.92. The number of nitrogens with zero attached hydrogens (tertiary/aromatic N) is 3. The van der Waals surface area contributed by atoms with Crippen molar-refractivity contribution >= 4 is 22.8 Å². The number of fused-ring (bicyclic) bond motifs is 1. The molecule has 1 amide bonds. The number of esters is 1. The number of aromatic nitrogens is 3. The molecular formula is C18H24N4O4. The van der Waals surface area contributed by atoms with E-state index in [2.05, 4.69) is 15.6 Å². The molecule has 0 aliphatic carbocycles. The molecule has 0 aliphatic rings. The van der Waals surface area contributed by atoms with Crippen molar-refractivity contribution in [2.24, 2.45) is 5.92 Å². The van der Waals surface area contributed by atoms with Gasteiger partial charge in [0, 0.05) is 13.0 Å². The third kappa shape index (κ3) is 5.11. The molecule has 8 heteroatoms. The molecule has 2 aromatic rings. The summed E-state index contributed by atoms with van der Waals surface area (Å²) in [5, 5.41) is 11.1. The van der Waals surface area contributed by atoms with Gasteiger partial charge in [-0.3, -0.25) is 9.59 Å². The number of carbonyl (C=O) groups is 2. The predicted molar refractivity (Wildman–Crippen MR) is 96.4 cm³/mol. The van der Waals surface area contributed by atoms with Crippen molar-refractivity contribution in [2.45, 2.75) is 45.7 Å². The fraction of sp³-hybridized carbons (Fsp3) is 0.500. The van der Waals surface area contributed by atoms with Crippen LogP contribution in [-0.4, -0.2) is 40.0 Å². The summed E-state index contributed by atoms with van der Waals surface area (Å²) in [6.45, 7) is 4.21. The van der Waals surface area contributed by atoms with Gasteiger partial charge in [-0.1, -0.05) is 31.2 Å². The summed E-state index contributed by atoms with van der Waals surface area (Å²) in [6.07, 6.45) is 1.09. The van der Waals surface area contributed by atoms with Crippen molar-refractivity contribution in [2.75, 3.05) is 7.11 Å². The molecule has 1 heterocycles. The number of rotatable bonds is 8. The van der Waals surface area contributed by atoms with Gasteiger partial charge in [-0.2, -0.15) is 0 Å². The van der Waals surface area contributed by atoms with Crippen molar-refractivity contribution in [1.82, 2.24) is 20.3 Å². The molecule has 0 fully saturated rings. The van der Waals surface area contributed by atoms with Gasteiger partial charge >= 0.3 is 5.97 Å². The van der Waals surface area contributed by atoms with Crippen LogP contribution in [0.25, 0.3) is 10.9 Å². The van der Waals surface area contributed by atoms with E-state index in [1.807, 2.05) is 13.8 Å². The number of aryl methyl sites for hydroxylation is 1. The summed E-state index contributed by atoms with van der Waals surface area (Å²) in [4.78, 5) is 36.2. The quantitative estimate of drug-likeness (QED) is 0.711. The minimum absolute atomic E-state index is 0.173. The van der Waals surface area contributed by atoms with Crippen molar-refractivity contribution in [3.05, 3.63) is 34.6 Å². The fourth-order valence-electron chi connectivity index (χ4n) is 2.65. The predicted octanol–water partition coefficient (Wildman–Crippen LogP) is 1.28. The number of carbonyl (C=O) groups excluding carboxylic acids is 2. The normalized spacial score (nSPS) is 12.2.